The highest BCUT2D eigenvalue weighted by molar-refractivity contribution is 5.99. The number of carbonyl (C=O) groups excluding carboxylic acids is 2. The maximum atomic E-state index is 12.5. The molecule has 3 rings (SSSR count). The second-order valence-electron chi connectivity index (χ2n) is 7.16. The molecule has 1 heterocycles. The summed E-state index contributed by atoms with van der Waals surface area (Å²) in [6, 6.07) is 15.3. The van der Waals surface area contributed by atoms with E-state index in [2.05, 4.69) is 4.57 Å². The van der Waals surface area contributed by atoms with Crippen molar-refractivity contribution in [2.24, 2.45) is 0 Å². The molecule has 6 nitrogen and oxygen atoms in total. The molecule has 0 N–H and O–H groups in total. The highest BCUT2D eigenvalue weighted by Gasteiger charge is 2.17. The number of aromatic nitrogens is 1. The summed E-state index contributed by atoms with van der Waals surface area (Å²) in [5.41, 5.74) is 2.45. The van der Waals surface area contributed by atoms with Crippen LogP contribution in [0, 0.1) is 13.8 Å². The second kappa shape index (κ2) is 10.1. The number of aryl methyl sites for hydroxylation is 1. The van der Waals surface area contributed by atoms with Crippen LogP contribution < -0.4 is 4.74 Å². The van der Waals surface area contributed by atoms with Crippen molar-refractivity contribution >= 4 is 22.5 Å². The van der Waals surface area contributed by atoms with Crippen LogP contribution in [0.25, 0.3) is 10.8 Å². The van der Waals surface area contributed by atoms with E-state index in [-0.39, 0.29) is 19.0 Å². The van der Waals surface area contributed by atoms with E-state index in [9.17, 15) is 9.59 Å². The van der Waals surface area contributed by atoms with Crippen LogP contribution in [0.5, 0.6) is 5.75 Å². The third-order valence-electron chi connectivity index (χ3n) is 5.05. The molecule has 0 radical (unpaired) electrons. The first-order chi connectivity index (χ1) is 14.5. The van der Waals surface area contributed by atoms with Crippen LogP contribution in [0.1, 0.15) is 28.2 Å². The molecule has 2 aromatic carbocycles. The highest BCUT2D eigenvalue weighted by atomic mass is 16.6. The molecular formula is C24H27NO5. The Kier molecular flexibility index (Phi) is 7.25. The first-order valence-corrected chi connectivity index (χ1v) is 9.95. The molecule has 0 fully saturated rings. The summed E-state index contributed by atoms with van der Waals surface area (Å²) >= 11 is 0. The number of Topliss-reactive ketones (excluding diaryl/α,β-unsaturated/α-hetero) is 1. The lowest BCUT2D eigenvalue weighted by molar-refractivity contribution is -0.144. The molecule has 0 spiro atoms. The summed E-state index contributed by atoms with van der Waals surface area (Å²) in [7, 11) is 1.67. The number of ketones is 1. The smallest absolute Gasteiger partial charge is 0.344 e. The molecule has 0 aliphatic rings. The molecule has 0 saturated heterocycles. The summed E-state index contributed by atoms with van der Waals surface area (Å²) in [6.07, 6.45) is 0.863. The number of carbonyl (C=O) groups is 2. The molecule has 158 valence electrons. The third-order valence-corrected chi connectivity index (χ3v) is 5.05. The van der Waals surface area contributed by atoms with Crippen molar-refractivity contribution in [3.63, 3.8) is 0 Å². The van der Waals surface area contributed by atoms with E-state index in [1.807, 2.05) is 56.3 Å². The van der Waals surface area contributed by atoms with Crippen LogP contribution in [0.4, 0.5) is 0 Å². The van der Waals surface area contributed by atoms with Gasteiger partial charge in [-0.3, -0.25) is 4.79 Å². The molecule has 0 atom stereocenters. The van der Waals surface area contributed by atoms with Crippen molar-refractivity contribution in [3.05, 3.63) is 65.5 Å². The lowest BCUT2D eigenvalue weighted by Gasteiger charge is -2.10. The van der Waals surface area contributed by atoms with Gasteiger partial charge in [0.1, 0.15) is 5.75 Å². The van der Waals surface area contributed by atoms with Gasteiger partial charge < -0.3 is 18.8 Å². The number of hydrogen-bond donors (Lipinski definition) is 0. The third kappa shape index (κ3) is 5.27. The van der Waals surface area contributed by atoms with Crippen molar-refractivity contribution in [3.8, 4) is 5.75 Å². The van der Waals surface area contributed by atoms with Crippen molar-refractivity contribution in [2.75, 3.05) is 26.9 Å². The Bertz CT molecular complexity index is 1040. The Morgan fingerprint density at radius 2 is 1.73 bits per heavy atom. The van der Waals surface area contributed by atoms with Crippen molar-refractivity contribution in [1.82, 2.24) is 4.57 Å². The number of esters is 1. The van der Waals surface area contributed by atoms with E-state index < -0.39 is 5.97 Å². The minimum absolute atomic E-state index is 0.222. The molecule has 0 amide bonds. The maximum absolute atomic E-state index is 12.5. The van der Waals surface area contributed by atoms with Gasteiger partial charge in [-0.05, 0) is 49.2 Å². The molecular weight excluding hydrogens is 382 g/mol. The van der Waals surface area contributed by atoms with Gasteiger partial charge in [-0.1, -0.05) is 30.3 Å². The van der Waals surface area contributed by atoms with Gasteiger partial charge in [0.25, 0.3) is 0 Å². The van der Waals surface area contributed by atoms with Gasteiger partial charge in [0.15, 0.2) is 13.2 Å². The summed E-state index contributed by atoms with van der Waals surface area (Å²) in [5, 5.41) is 2.12. The zero-order valence-corrected chi connectivity index (χ0v) is 17.6. The maximum Gasteiger partial charge on any atom is 0.344 e. The Balaban J connectivity index is 1.51. The van der Waals surface area contributed by atoms with E-state index in [0.29, 0.717) is 17.9 Å². The van der Waals surface area contributed by atoms with E-state index in [0.717, 1.165) is 35.1 Å². The van der Waals surface area contributed by atoms with Gasteiger partial charge in [0.2, 0.25) is 5.78 Å². The van der Waals surface area contributed by atoms with Gasteiger partial charge in [-0.15, -0.1) is 0 Å². The second-order valence-corrected chi connectivity index (χ2v) is 7.16. The molecule has 0 aliphatic carbocycles. The van der Waals surface area contributed by atoms with Crippen LogP contribution in [0.2, 0.25) is 0 Å². The topological polar surface area (TPSA) is 66.8 Å². The highest BCUT2D eigenvalue weighted by Crippen LogP contribution is 2.20. The molecule has 0 unspecified atom stereocenters. The summed E-state index contributed by atoms with van der Waals surface area (Å²) < 4.78 is 17.8. The van der Waals surface area contributed by atoms with E-state index in [1.54, 1.807) is 13.2 Å². The van der Waals surface area contributed by atoms with Crippen molar-refractivity contribution in [2.45, 2.75) is 26.8 Å². The van der Waals surface area contributed by atoms with E-state index >= 15 is 0 Å². The first kappa shape index (κ1) is 21.6. The Morgan fingerprint density at radius 3 is 2.50 bits per heavy atom. The minimum Gasteiger partial charge on any atom is -0.482 e. The molecule has 0 saturated carbocycles. The Hall–Kier alpha value is -3.12. The quantitative estimate of drug-likeness (QED) is 0.287. The lowest BCUT2D eigenvalue weighted by atomic mass is 10.1. The Morgan fingerprint density at radius 1 is 0.967 bits per heavy atom. The monoisotopic (exact) mass is 409 g/mol. The number of nitrogens with zero attached hydrogens (tertiary/aromatic N) is 1. The predicted molar refractivity (Wildman–Crippen MR) is 115 cm³/mol. The first-order valence-electron chi connectivity index (χ1n) is 9.95. The number of rotatable bonds is 10. The molecule has 30 heavy (non-hydrogen) atoms. The number of hydrogen-bond acceptors (Lipinski definition) is 5. The van der Waals surface area contributed by atoms with Crippen LogP contribution in [0.15, 0.2) is 48.5 Å². The van der Waals surface area contributed by atoms with Gasteiger partial charge in [0, 0.05) is 37.2 Å². The fraction of sp³-hybridized carbons (Fsp3) is 0.333. The van der Waals surface area contributed by atoms with Gasteiger partial charge in [-0.25, -0.2) is 4.79 Å². The summed E-state index contributed by atoms with van der Waals surface area (Å²) in [5.74, 6) is -0.220. The molecule has 6 heteroatoms. The fourth-order valence-corrected chi connectivity index (χ4v) is 3.46. The number of benzene rings is 2. The molecule has 0 aliphatic heterocycles. The van der Waals surface area contributed by atoms with Crippen LogP contribution in [-0.4, -0.2) is 43.3 Å². The summed E-state index contributed by atoms with van der Waals surface area (Å²) in [6.45, 7) is 4.74. The van der Waals surface area contributed by atoms with Gasteiger partial charge in [0.05, 0.1) is 0 Å². The molecule has 0 bridgehead atoms. The Labute approximate surface area is 176 Å². The standard InChI is InChI=1S/C24H27NO5/c1-17-13-22(18(2)25(17)11-6-12-28-3)23(26)15-30-24(27)16-29-21-10-9-19-7-4-5-8-20(19)14-21/h4-5,7-10,13-14H,6,11-12,15-16H2,1-3H3. The fourth-order valence-electron chi connectivity index (χ4n) is 3.46. The number of fused-ring (bicyclic) bond motifs is 1. The SMILES string of the molecule is COCCCn1c(C)cc(C(=O)COC(=O)COc2ccc3ccccc3c2)c1C. The number of methoxy groups -OCH3 is 1. The van der Waals surface area contributed by atoms with Crippen LogP contribution in [-0.2, 0) is 20.8 Å². The predicted octanol–water partition coefficient (Wildman–Crippen LogP) is 4.10. The van der Waals surface area contributed by atoms with Crippen LogP contribution >= 0.6 is 0 Å². The lowest BCUT2D eigenvalue weighted by Crippen LogP contribution is -2.20. The average molecular weight is 409 g/mol. The van der Waals surface area contributed by atoms with Gasteiger partial charge in [-0.2, -0.15) is 0 Å². The van der Waals surface area contributed by atoms with Gasteiger partial charge >= 0.3 is 5.97 Å². The zero-order chi connectivity index (χ0) is 21.5. The molecule has 3 aromatic rings. The average Bonchev–Trinajstić information content (AvgIpc) is 3.04. The minimum atomic E-state index is -0.578. The molecule has 1 aromatic heterocycles. The largest absolute Gasteiger partial charge is 0.482 e. The van der Waals surface area contributed by atoms with Crippen molar-refractivity contribution in [1.29, 1.82) is 0 Å². The van der Waals surface area contributed by atoms with E-state index in [4.69, 9.17) is 14.2 Å². The summed E-state index contributed by atoms with van der Waals surface area (Å²) in [4.78, 5) is 24.6. The normalized spacial score (nSPS) is 10.9. The van der Waals surface area contributed by atoms with Crippen molar-refractivity contribution < 1.29 is 23.8 Å². The van der Waals surface area contributed by atoms with E-state index in [1.165, 1.54) is 0 Å². The van der Waals surface area contributed by atoms with Crippen LogP contribution in [0.3, 0.4) is 0 Å². The zero-order valence-electron chi connectivity index (χ0n) is 17.6. The number of ether oxygens (including phenoxy) is 3.